The van der Waals surface area contributed by atoms with Crippen LogP contribution in [0.5, 0.6) is 5.75 Å². The number of amides is 1. The van der Waals surface area contributed by atoms with Crippen molar-refractivity contribution in [1.29, 1.82) is 0 Å². The third-order valence-electron chi connectivity index (χ3n) is 4.42. The molecule has 0 saturated carbocycles. The molecule has 24 heavy (non-hydrogen) atoms. The molecule has 1 aromatic carbocycles. The molecule has 0 spiro atoms. The Labute approximate surface area is 146 Å². The number of rotatable bonds is 7. The Balaban J connectivity index is 2.14. The van der Waals surface area contributed by atoms with Crippen LogP contribution in [0.25, 0.3) is 0 Å². The van der Waals surface area contributed by atoms with E-state index in [2.05, 4.69) is 17.2 Å². The maximum atomic E-state index is 12.5. The van der Waals surface area contributed by atoms with E-state index in [-0.39, 0.29) is 17.4 Å². The summed E-state index contributed by atoms with van der Waals surface area (Å²) >= 11 is 6.02. The van der Waals surface area contributed by atoms with Gasteiger partial charge in [-0.3, -0.25) is 9.79 Å². The second-order valence-electron chi connectivity index (χ2n) is 5.70. The Morgan fingerprint density at radius 3 is 2.79 bits per heavy atom. The first-order chi connectivity index (χ1) is 11.5. The van der Waals surface area contributed by atoms with Crippen molar-refractivity contribution >= 4 is 29.4 Å². The SMILES string of the molecule is CCC1(C(CN)CNC(=O)c2cc(Cl)c(N)cc2OC)C=CC=N1. The molecule has 7 heteroatoms. The smallest absolute Gasteiger partial charge is 0.255 e. The number of benzene rings is 1. The van der Waals surface area contributed by atoms with E-state index in [0.717, 1.165) is 6.42 Å². The molecule has 130 valence electrons. The number of allylic oxidation sites excluding steroid dienone is 1. The van der Waals surface area contributed by atoms with Gasteiger partial charge in [-0.1, -0.05) is 24.6 Å². The fourth-order valence-electron chi connectivity index (χ4n) is 2.86. The number of nitrogen functional groups attached to an aromatic ring is 1. The third kappa shape index (κ3) is 3.55. The van der Waals surface area contributed by atoms with Crippen molar-refractivity contribution in [2.24, 2.45) is 16.6 Å². The Hall–Kier alpha value is -2.05. The number of hydrogen-bond donors (Lipinski definition) is 3. The molecule has 1 heterocycles. The summed E-state index contributed by atoms with van der Waals surface area (Å²) in [4.78, 5) is 17.1. The fraction of sp³-hybridized carbons (Fsp3) is 0.412. The van der Waals surface area contributed by atoms with Crippen molar-refractivity contribution in [1.82, 2.24) is 5.32 Å². The third-order valence-corrected chi connectivity index (χ3v) is 4.74. The van der Waals surface area contributed by atoms with Gasteiger partial charge >= 0.3 is 0 Å². The average Bonchev–Trinajstić information content (AvgIpc) is 3.07. The number of nitrogens with two attached hydrogens (primary N) is 2. The Morgan fingerprint density at radius 2 is 2.25 bits per heavy atom. The van der Waals surface area contributed by atoms with Gasteiger partial charge in [-0.05, 0) is 25.1 Å². The number of nitrogens with zero attached hydrogens (tertiary/aromatic N) is 1. The Morgan fingerprint density at radius 1 is 1.50 bits per heavy atom. The quantitative estimate of drug-likeness (QED) is 0.654. The van der Waals surface area contributed by atoms with Gasteiger partial charge in [0.15, 0.2) is 0 Å². The first-order valence-electron chi connectivity index (χ1n) is 7.81. The minimum absolute atomic E-state index is 0.00306. The molecule has 0 fully saturated rings. The zero-order chi connectivity index (χ0) is 17.7. The molecule has 0 saturated heterocycles. The summed E-state index contributed by atoms with van der Waals surface area (Å²) in [5.41, 5.74) is 12.0. The van der Waals surface area contributed by atoms with Gasteiger partial charge in [-0.2, -0.15) is 0 Å². The minimum Gasteiger partial charge on any atom is -0.496 e. The van der Waals surface area contributed by atoms with Crippen LogP contribution in [0.2, 0.25) is 5.02 Å². The summed E-state index contributed by atoms with van der Waals surface area (Å²) in [6.45, 7) is 2.87. The average molecular weight is 351 g/mol. The molecule has 1 amide bonds. The number of anilines is 1. The lowest BCUT2D eigenvalue weighted by Crippen LogP contribution is -2.44. The van der Waals surface area contributed by atoms with E-state index in [1.807, 2.05) is 12.2 Å². The van der Waals surface area contributed by atoms with Crippen molar-refractivity contribution in [2.45, 2.75) is 18.9 Å². The van der Waals surface area contributed by atoms with Crippen molar-refractivity contribution in [3.63, 3.8) is 0 Å². The van der Waals surface area contributed by atoms with Crippen LogP contribution < -0.4 is 21.5 Å². The van der Waals surface area contributed by atoms with E-state index in [1.54, 1.807) is 6.21 Å². The van der Waals surface area contributed by atoms with E-state index < -0.39 is 0 Å². The molecule has 6 nitrogen and oxygen atoms in total. The number of aliphatic imine (C=N–C) groups is 1. The van der Waals surface area contributed by atoms with Gasteiger partial charge in [-0.25, -0.2) is 0 Å². The lowest BCUT2D eigenvalue weighted by atomic mass is 9.82. The summed E-state index contributed by atoms with van der Waals surface area (Å²) in [6.07, 6.45) is 6.54. The van der Waals surface area contributed by atoms with Gasteiger partial charge in [0, 0.05) is 24.7 Å². The zero-order valence-corrected chi connectivity index (χ0v) is 14.6. The van der Waals surface area contributed by atoms with Crippen LogP contribution in [0, 0.1) is 5.92 Å². The summed E-state index contributed by atoms with van der Waals surface area (Å²) in [7, 11) is 1.48. The van der Waals surface area contributed by atoms with Gasteiger partial charge < -0.3 is 21.5 Å². The molecule has 0 aliphatic carbocycles. The topological polar surface area (TPSA) is 103 Å². The molecular formula is C17H23ClN4O2. The molecular weight excluding hydrogens is 328 g/mol. The van der Waals surface area contributed by atoms with Crippen LogP contribution in [0.15, 0.2) is 29.3 Å². The van der Waals surface area contributed by atoms with Gasteiger partial charge in [0.05, 0.1) is 28.9 Å². The second-order valence-corrected chi connectivity index (χ2v) is 6.11. The summed E-state index contributed by atoms with van der Waals surface area (Å²) < 4.78 is 5.22. The molecule has 2 rings (SSSR count). The minimum atomic E-state index is -0.356. The predicted molar refractivity (Wildman–Crippen MR) is 97.9 cm³/mol. The largest absolute Gasteiger partial charge is 0.496 e. The number of carbonyl (C=O) groups excluding carboxylic acids is 1. The standard InChI is InChI=1S/C17H23ClN4O2/c1-3-17(5-4-6-22-17)11(9-19)10-21-16(23)12-7-13(18)14(20)8-15(12)24-2/h4-8,11H,3,9-10,19-20H2,1-2H3,(H,21,23). The second kappa shape index (κ2) is 7.68. The van der Waals surface area contributed by atoms with Crippen molar-refractivity contribution in [3.8, 4) is 5.75 Å². The maximum absolute atomic E-state index is 12.5. The highest BCUT2D eigenvalue weighted by atomic mass is 35.5. The van der Waals surface area contributed by atoms with E-state index >= 15 is 0 Å². The molecule has 1 aliphatic rings. The van der Waals surface area contributed by atoms with Crippen LogP contribution in [0.1, 0.15) is 23.7 Å². The van der Waals surface area contributed by atoms with Gasteiger partial charge in [0.2, 0.25) is 0 Å². The van der Waals surface area contributed by atoms with Crippen molar-refractivity contribution in [2.75, 3.05) is 25.9 Å². The number of methoxy groups -OCH3 is 1. The number of carbonyl (C=O) groups is 1. The van der Waals surface area contributed by atoms with Crippen molar-refractivity contribution < 1.29 is 9.53 Å². The molecule has 2 unspecified atom stereocenters. The molecule has 0 radical (unpaired) electrons. The predicted octanol–water partition coefficient (Wildman–Crippen LogP) is 2.02. The molecule has 1 aromatic rings. The number of hydrogen-bond acceptors (Lipinski definition) is 5. The van der Waals surface area contributed by atoms with Gasteiger partial charge in [0.1, 0.15) is 5.75 Å². The van der Waals surface area contributed by atoms with E-state index in [4.69, 9.17) is 27.8 Å². The molecule has 2 atom stereocenters. The van der Waals surface area contributed by atoms with E-state index in [1.165, 1.54) is 19.2 Å². The van der Waals surface area contributed by atoms with E-state index in [0.29, 0.717) is 35.1 Å². The van der Waals surface area contributed by atoms with E-state index in [9.17, 15) is 4.79 Å². The highest BCUT2D eigenvalue weighted by molar-refractivity contribution is 6.33. The lowest BCUT2D eigenvalue weighted by molar-refractivity contribution is 0.0939. The maximum Gasteiger partial charge on any atom is 0.255 e. The zero-order valence-electron chi connectivity index (χ0n) is 13.9. The number of nitrogens with one attached hydrogen (secondary N) is 1. The number of ether oxygens (including phenoxy) is 1. The monoisotopic (exact) mass is 350 g/mol. The Kier molecular flexibility index (Phi) is 5.85. The highest BCUT2D eigenvalue weighted by Crippen LogP contribution is 2.31. The van der Waals surface area contributed by atoms with Crippen LogP contribution in [0.4, 0.5) is 5.69 Å². The van der Waals surface area contributed by atoms with Crippen LogP contribution in [-0.2, 0) is 0 Å². The van der Waals surface area contributed by atoms with Gasteiger partial charge in [0.25, 0.3) is 5.91 Å². The van der Waals surface area contributed by atoms with Crippen LogP contribution >= 0.6 is 11.6 Å². The molecule has 5 N–H and O–H groups in total. The fourth-order valence-corrected chi connectivity index (χ4v) is 3.03. The lowest BCUT2D eigenvalue weighted by Gasteiger charge is -2.32. The molecule has 1 aliphatic heterocycles. The first kappa shape index (κ1) is 18.3. The van der Waals surface area contributed by atoms with Crippen LogP contribution in [0.3, 0.4) is 0 Å². The Bertz CT molecular complexity index is 661. The normalized spacial score (nSPS) is 20.2. The highest BCUT2D eigenvalue weighted by Gasteiger charge is 2.35. The number of halogens is 1. The van der Waals surface area contributed by atoms with Gasteiger partial charge in [-0.15, -0.1) is 0 Å². The van der Waals surface area contributed by atoms with Crippen molar-refractivity contribution in [3.05, 3.63) is 34.9 Å². The first-order valence-corrected chi connectivity index (χ1v) is 8.19. The van der Waals surface area contributed by atoms with Crippen LogP contribution in [-0.4, -0.2) is 37.9 Å². The summed E-state index contributed by atoms with van der Waals surface area (Å²) in [5.74, 6) is 0.0868. The molecule has 0 aromatic heterocycles. The summed E-state index contributed by atoms with van der Waals surface area (Å²) in [6, 6.07) is 3.04. The summed E-state index contributed by atoms with van der Waals surface area (Å²) in [5, 5.41) is 3.21. The molecule has 0 bridgehead atoms.